The monoisotopic (exact) mass is 283 g/mol. The maximum Gasteiger partial charge on any atom is 0.306 e. The molecule has 2 aromatic carbocycles. The highest BCUT2D eigenvalue weighted by Crippen LogP contribution is 2.12. The van der Waals surface area contributed by atoms with Crippen LogP contribution >= 0.6 is 0 Å². The molecule has 3 heteroatoms. The van der Waals surface area contributed by atoms with E-state index in [1.165, 1.54) is 11.1 Å². The molecule has 2 aromatic rings. The van der Waals surface area contributed by atoms with Crippen LogP contribution in [-0.2, 0) is 22.6 Å². The van der Waals surface area contributed by atoms with E-state index in [9.17, 15) is 4.79 Å². The number of ether oxygens (including phenoxy) is 1. The quantitative estimate of drug-likeness (QED) is 0.674. The number of hydrogen-bond donors (Lipinski definition) is 1. The minimum atomic E-state index is -0.176. The summed E-state index contributed by atoms with van der Waals surface area (Å²) in [4.78, 5) is 11.8. The molecule has 0 aliphatic rings. The van der Waals surface area contributed by atoms with Gasteiger partial charge in [0.2, 0.25) is 0 Å². The van der Waals surface area contributed by atoms with Crippen molar-refractivity contribution in [2.24, 2.45) is 0 Å². The fourth-order valence-electron chi connectivity index (χ4n) is 2.06. The number of aryl methyl sites for hydroxylation is 3. The van der Waals surface area contributed by atoms with E-state index < -0.39 is 0 Å². The molecule has 2 rings (SSSR count). The summed E-state index contributed by atoms with van der Waals surface area (Å²) in [5.74, 6) is -0.176. The van der Waals surface area contributed by atoms with Crippen LogP contribution in [0.15, 0.2) is 42.5 Å². The van der Waals surface area contributed by atoms with Crippen LogP contribution in [0.25, 0.3) is 0 Å². The van der Waals surface area contributed by atoms with Gasteiger partial charge in [0.1, 0.15) is 6.61 Å². The van der Waals surface area contributed by atoms with Crippen LogP contribution in [0.1, 0.15) is 28.7 Å². The smallest absolute Gasteiger partial charge is 0.306 e. The summed E-state index contributed by atoms with van der Waals surface area (Å²) in [6, 6.07) is 13.7. The van der Waals surface area contributed by atoms with Crippen molar-refractivity contribution < 1.29 is 9.53 Å². The second kappa shape index (κ2) is 6.93. The molecule has 0 fully saturated rings. The lowest BCUT2D eigenvalue weighted by atomic mass is 10.1. The number of carbonyl (C=O) groups excluding carboxylic acids is 1. The van der Waals surface area contributed by atoms with Crippen molar-refractivity contribution in [2.45, 2.75) is 33.3 Å². The van der Waals surface area contributed by atoms with Crippen LogP contribution in [0, 0.1) is 13.8 Å². The molecule has 0 atom stereocenters. The Labute approximate surface area is 125 Å². The molecule has 0 aromatic heterocycles. The first-order valence-corrected chi connectivity index (χ1v) is 7.11. The Morgan fingerprint density at radius 3 is 2.33 bits per heavy atom. The van der Waals surface area contributed by atoms with E-state index in [1.807, 2.05) is 36.4 Å². The Bertz CT molecular complexity index is 618. The lowest BCUT2D eigenvalue weighted by Crippen LogP contribution is -2.06. The van der Waals surface area contributed by atoms with Crippen molar-refractivity contribution in [3.05, 3.63) is 64.7 Å². The van der Waals surface area contributed by atoms with Gasteiger partial charge in [0.05, 0.1) is 0 Å². The second-order valence-corrected chi connectivity index (χ2v) is 5.32. The van der Waals surface area contributed by atoms with Crippen molar-refractivity contribution in [1.29, 1.82) is 0 Å². The fraction of sp³-hybridized carbons (Fsp3) is 0.278. The molecule has 0 unspecified atom stereocenters. The van der Waals surface area contributed by atoms with Crippen molar-refractivity contribution >= 4 is 11.7 Å². The molecule has 0 aliphatic heterocycles. The Morgan fingerprint density at radius 2 is 1.67 bits per heavy atom. The number of rotatable bonds is 5. The van der Waals surface area contributed by atoms with Crippen LogP contribution < -0.4 is 5.73 Å². The molecule has 0 heterocycles. The van der Waals surface area contributed by atoms with Crippen LogP contribution in [0.3, 0.4) is 0 Å². The normalized spacial score (nSPS) is 10.4. The highest BCUT2D eigenvalue weighted by atomic mass is 16.5. The van der Waals surface area contributed by atoms with Crippen LogP contribution in [0.2, 0.25) is 0 Å². The van der Waals surface area contributed by atoms with Crippen LogP contribution in [0.5, 0.6) is 0 Å². The van der Waals surface area contributed by atoms with Gasteiger partial charge in [0.15, 0.2) is 0 Å². The summed E-state index contributed by atoms with van der Waals surface area (Å²) in [6.45, 7) is 4.46. The molecule has 0 spiro atoms. The zero-order valence-corrected chi connectivity index (χ0v) is 12.6. The topological polar surface area (TPSA) is 52.3 Å². The third kappa shape index (κ3) is 4.63. The van der Waals surface area contributed by atoms with E-state index in [0.29, 0.717) is 19.4 Å². The van der Waals surface area contributed by atoms with Crippen LogP contribution in [-0.4, -0.2) is 5.97 Å². The van der Waals surface area contributed by atoms with E-state index in [-0.39, 0.29) is 5.97 Å². The molecule has 0 aliphatic carbocycles. The molecule has 110 valence electrons. The molecule has 21 heavy (non-hydrogen) atoms. The molecule has 2 N–H and O–H groups in total. The summed E-state index contributed by atoms with van der Waals surface area (Å²) in [5.41, 5.74) is 10.9. The van der Waals surface area contributed by atoms with E-state index in [2.05, 4.69) is 19.9 Å². The molecule has 0 saturated carbocycles. The van der Waals surface area contributed by atoms with Crippen molar-refractivity contribution in [2.75, 3.05) is 5.73 Å². The first-order valence-electron chi connectivity index (χ1n) is 7.11. The number of anilines is 1. The average molecular weight is 283 g/mol. The van der Waals surface area contributed by atoms with Gasteiger partial charge in [-0.3, -0.25) is 4.79 Å². The number of nitrogens with two attached hydrogens (primary N) is 1. The predicted molar refractivity (Wildman–Crippen MR) is 84.9 cm³/mol. The Kier molecular flexibility index (Phi) is 4.99. The van der Waals surface area contributed by atoms with Gasteiger partial charge in [-0.1, -0.05) is 30.3 Å². The number of esters is 1. The lowest BCUT2D eigenvalue weighted by molar-refractivity contribution is -0.144. The Hall–Kier alpha value is -2.29. The zero-order valence-electron chi connectivity index (χ0n) is 12.6. The SMILES string of the molecule is Cc1ccc(COC(=O)CCc2ccc(N)cc2)cc1C. The van der Waals surface area contributed by atoms with Gasteiger partial charge in [-0.15, -0.1) is 0 Å². The first-order chi connectivity index (χ1) is 10.0. The molecule has 0 amide bonds. The van der Waals surface area contributed by atoms with Gasteiger partial charge in [0.25, 0.3) is 0 Å². The lowest BCUT2D eigenvalue weighted by Gasteiger charge is -2.07. The number of hydrogen-bond acceptors (Lipinski definition) is 3. The maximum absolute atomic E-state index is 11.8. The maximum atomic E-state index is 11.8. The zero-order chi connectivity index (χ0) is 15.2. The highest BCUT2D eigenvalue weighted by Gasteiger charge is 2.05. The number of benzene rings is 2. The van der Waals surface area contributed by atoms with E-state index in [4.69, 9.17) is 10.5 Å². The predicted octanol–water partition coefficient (Wildman–Crippen LogP) is 3.56. The van der Waals surface area contributed by atoms with E-state index >= 15 is 0 Å². The molecular weight excluding hydrogens is 262 g/mol. The summed E-state index contributed by atoms with van der Waals surface area (Å²) >= 11 is 0. The molecule has 0 bridgehead atoms. The van der Waals surface area contributed by atoms with Gasteiger partial charge in [0, 0.05) is 12.1 Å². The Balaban J connectivity index is 1.79. The van der Waals surface area contributed by atoms with E-state index in [0.717, 1.165) is 16.8 Å². The minimum absolute atomic E-state index is 0.176. The number of carbonyl (C=O) groups is 1. The first kappa shape index (κ1) is 15.1. The second-order valence-electron chi connectivity index (χ2n) is 5.32. The molecule has 3 nitrogen and oxygen atoms in total. The van der Waals surface area contributed by atoms with Crippen molar-refractivity contribution in [3.63, 3.8) is 0 Å². The van der Waals surface area contributed by atoms with Gasteiger partial charge in [-0.2, -0.15) is 0 Å². The minimum Gasteiger partial charge on any atom is -0.461 e. The fourth-order valence-corrected chi connectivity index (χ4v) is 2.06. The largest absolute Gasteiger partial charge is 0.461 e. The summed E-state index contributed by atoms with van der Waals surface area (Å²) in [7, 11) is 0. The highest BCUT2D eigenvalue weighted by molar-refractivity contribution is 5.69. The average Bonchev–Trinajstić information content (AvgIpc) is 2.48. The van der Waals surface area contributed by atoms with Gasteiger partial charge >= 0.3 is 5.97 Å². The summed E-state index contributed by atoms with van der Waals surface area (Å²) in [6.07, 6.45) is 1.06. The van der Waals surface area contributed by atoms with Gasteiger partial charge in [-0.05, 0) is 54.7 Å². The Morgan fingerprint density at radius 1 is 1.00 bits per heavy atom. The van der Waals surface area contributed by atoms with E-state index in [1.54, 1.807) is 0 Å². The van der Waals surface area contributed by atoms with Crippen molar-refractivity contribution in [1.82, 2.24) is 0 Å². The molecular formula is C18H21NO2. The van der Waals surface area contributed by atoms with Gasteiger partial charge in [-0.25, -0.2) is 0 Å². The summed E-state index contributed by atoms with van der Waals surface area (Å²) in [5, 5.41) is 0. The van der Waals surface area contributed by atoms with Crippen LogP contribution in [0.4, 0.5) is 5.69 Å². The van der Waals surface area contributed by atoms with Gasteiger partial charge < -0.3 is 10.5 Å². The third-order valence-electron chi connectivity index (χ3n) is 3.57. The third-order valence-corrected chi connectivity index (χ3v) is 3.57. The molecule has 0 radical (unpaired) electrons. The summed E-state index contributed by atoms with van der Waals surface area (Å²) < 4.78 is 5.30. The van der Waals surface area contributed by atoms with Crippen molar-refractivity contribution in [3.8, 4) is 0 Å². The number of nitrogen functional groups attached to an aromatic ring is 1. The standard InChI is InChI=1S/C18H21NO2/c1-13-3-4-16(11-14(13)2)12-21-18(20)10-7-15-5-8-17(19)9-6-15/h3-6,8-9,11H,7,10,12,19H2,1-2H3. The molecule has 0 saturated heterocycles.